The molecule has 8 N–H and O–H groups in total. The summed E-state index contributed by atoms with van der Waals surface area (Å²) in [5.41, 5.74) is 17.8. The van der Waals surface area contributed by atoms with Crippen molar-refractivity contribution in [3.63, 3.8) is 0 Å². The van der Waals surface area contributed by atoms with E-state index in [1.807, 2.05) is 98.8 Å². The van der Waals surface area contributed by atoms with Gasteiger partial charge in [-0.2, -0.15) is 20.4 Å². The standard InChI is InChI=1S/C18H21N3O2.2C15H14N2O2.C14H14N2O2S/c1-3-21(4-2)16-9-5-14(6-10-16)13-19-20-18(23)15-7-11-17(22)12-8-15;1-11-2-4-12(5-3-11)10-16-17-15(19)13-6-8-14(18)9-7-13;1-11-3-2-4-12(9-11)10-16-17-15(19)13-5-7-14(18)8-6-13;1-2-12-7-8-13(19-12)9-15-16-14(18)10-3-5-11(17)6-4-10/h5-13,22H,3-4H2,1-2H3,(H,20,23);2*2-10,18H,1H3,(H,17,19);3-9,17H,2H2,1H3,(H,16,18)/b19-13+;2*16-10+;15-9+. The Morgan fingerprint density at radius 3 is 1.14 bits per heavy atom. The van der Waals surface area contributed by atoms with Crippen molar-refractivity contribution in [2.24, 2.45) is 20.4 Å². The lowest BCUT2D eigenvalue weighted by Gasteiger charge is -2.20. The molecule has 0 aliphatic rings. The highest BCUT2D eigenvalue weighted by Crippen LogP contribution is 2.17. The van der Waals surface area contributed by atoms with E-state index in [1.54, 1.807) is 60.5 Å². The van der Waals surface area contributed by atoms with Gasteiger partial charge < -0.3 is 25.3 Å². The molecular formula is C62H63N9O8S. The summed E-state index contributed by atoms with van der Waals surface area (Å²) < 4.78 is 0. The van der Waals surface area contributed by atoms with Crippen LogP contribution in [0.15, 0.2) is 202 Å². The average Bonchev–Trinajstić information content (AvgIpc) is 3.93. The van der Waals surface area contributed by atoms with Gasteiger partial charge >= 0.3 is 0 Å². The number of anilines is 1. The fourth-order valence-corrected chi connectivity index (χ4v) is 7.60. The zero-order valence-corrected chi connectivity index (χ0v) is 45.6. The normalized spacial score (nSPS) is 10.7. The number of aryl methyl sites for hydroxylation is 3. The number of benzene rings is 7. The molecule has 17 nitrogen and oxygen atoms in total. The van der Waals surface area contributed by atoms with Crippen molar-refractivity contribution in [1.29, 1.82) is 0 Å². The molecule has 4 amide bonds. The van der Waals surface area contributed by atoms with Crippen molar-refractivity contribution >= 4 is 65.5 Å². The summed E-state index contributed by atoms with van der Waals surface area (Å²) >= 11 is 1.65. The first kappa shape index (κ1) is 60.7. The van der Waals surface area contributed by atoms with Gasteiger partial charge in [0.15, 0.2) is 0 Å². The molecule has 80 heavy (non-hydrogen) atoms. The molecule has 0 aliphatic heterocycles. The fourth-order valence-electron chi connectivity index (χ4n) is 6.78. The third-order valence-corrected chi connectivity index (χ3v) is 12.4. The molecule has 0 spiro atoms. The Bertz CT molecular complexity index is 3340. The quantitative estimate of drug-likeness (QED) is 0.0338. The van der Waals surface area contributed by atoms with Crippen molar-refractivity contribution in [1.82, 2.24) is 21.7 Å². The summed E-state index contributed by atoms with van der Waals surface area (Å²) in [6.07, 6.45) is 7.40. The van der Waals surface area contributed by atoms with Gasteiger partial charge in [0.2, 0.25) is 0 Å². The van der Waals surface area contributed by atoms with Crippen LogP contribution in [0.25, 0.3) is 0 Å². The van der Waals surface area contributed by atoms with Gasteiger partial charge in [-0.15, -0.1) is 11.3 Å². The van der Waals surface area contributed by atoms with Gasteiger partial charge in [0.1, 0.15) is 23.0 Å². The Morgan fingerprint density at radius 1 is 0.425 bits per heavy atom. The topological polar surface area (TPSA) is 250 Å². The maximum atomic E-state index is 11.9. The van der Waals surface area contributed by atoms with Crippen LogP contribution >= 0.6 is 11.3 Å². The van der Waals surface area contributed by atoms with Crippen molar-refractivity contribution in [3.8, 4) is 23.0 Å². The van der Waals surface area contributed by atoms with E-state index in [9.17, 15) is 24.3 Å². The van der Waals surface area contributed by atoms with E-state index in [-0.39, 0.29) is 46.6 Å². The van der Waals surface area contributed by atoms with Crippen LogP contribution in [0.1, 0.15) is 99.8 Å². The number of phenols is 4. The number of hydrazone groups is 4. The van der Waals surface area contributed by atoms with Gasteiger partial charge in [0, 0.05) is 50.8 Å². The minimum Gasteiger partial charge on any atom is -0.508 e. The van der Waals surface area contributed by atoms with Crippen LogP contribution < -0.4 is 26.6 Å². The van der Waals surface area contributed by atoms with E-state index in [0.29, 0.717) is 22.3 Å². The van der Waals surface area contributed by atoms with Crippen molar-refractivity contribution < 1.29 is 39.6 Å². The summed E-state index contributed by atoms with van der Waals surface area (Å²) in [6, 6.07) is 51.6. The molecular weight excluding hydrogens is 1030 g/mol. The highest BCUT2D eigenvalue weighted by Gasteiger charge is 2.07. The predicted molar refractivity (Wildman–Crippen MR) is 319 cm³/mol. The molecule has 0 fully saturated rings. The molecule has 8 aromatic rings. The number of phenolic OH excluding ortho intramolecular Hbond substituents is 4. The van der Waals surface area contributed by atoms with E-state index in [0.717, 1.165) is 46.6 Å². The van der Waals surface area contributed by atoms with E-state index >= 15 is 0 Å². The average molecular weight is 1090 g/mol. The van der Waals surface area contributed by atoms with E-state index in [1.165, 1.54) is 88.9 Å². The second-order valence-corrected chi connectivity index (χ2v) is 18.4. The van der Waals surface area contributed by atoms with Gasteiger partial charge in [-0.1, -0.05) is 78.7 Å². The lowest BCUT2D eigenvalue weighted by Crippen LogP contribution is -2.21. The first-order chi connectivity index (χ1) is 38.6. The Labute approximate surface area is 469 Å². The highest BCUT2D eigenvalue weighted by atomic mass is 32.1. The smallest absolute Gasteiger partial charge is 0.271 e. The molecule has 18 heteroatoms. The number of aromatic hydroxyl groups is 4. The van der Waals surface area contributed by atoms with Crippen LogP contribution in [0.3, 0.4) is 0 Å². The molecule has 0 saturated carbocycles. The fraction of sp³-hybridized carbons (Fsp3) is 0.129. The second kappa shape index (κ2) is 32.4. The first-order valence-electron chi connectivity index (χ1n) is 25.2. The lowest BCUT2D eigenvalue weighted by molar-refractivity contribution is 0.0947. The summed E-state index contributed by atoms with van der Waals surface area (Å²) in [6.45, 7) is 12.3. The van der Waals surface area contributed by atoms with Gasteiger partial charge in [-0.3, -0.25) is 19.2 Å². The van der Waals surface area contributed by atoms with Gasteiger partial charge in [-0.05, 0) is 172 Å². The number of rotatable bonds is 16. The Morgan fingerprint density at radius 2 is 0.787 bits per heavy atom. The zero-order valence-electron chi connectivity index (χ0n) is 44.8. The molecule has 0 atom stereocenters. The number of thiophene rings is 1. The summed E-state index contributed by atoms with van der Waals surface area (Å²) in [5, 5.41) is 52.2. The molecule has 8 rings (SSSR count). The monoisotopic (exact) mass is 1090 g/mol. The van der Waals surface area contributed by atoms with Crippen LogP contribution in [0.2, 0.25) is 0 Å². The Balaban J connectivity index is 0.000000197. The van der Waals surface area contributed by atoms with Crippen molar-refractivity contribution in [3.05, 3.63) is 242 Å². The molecule has 1 aromatic heterocycles. The molecule has 0 saturated heterocycles. The number of carbonyl (C=O) groups is 4. The van der Waals surface area contributed by atoms with E-state index in [2.05, 4.69) is 67.8 Å². The number of amides is 4. The molecule has 7 aromatic carbocycles. The number of hydrogen-bond donors (Lipinski definition) is 8. The molecule has 1 heterocycles. The van der Waals surface area contributed by atoms with Gasteiger partial charge in [0.05, 0.1) is 24.9 Å². The number of carbonyl (C=O) groups excluding carboxylic acids is 4. The summed E-state index contributed by atoms with van der Waals surface area (Å²) in [7, 11) is 0. The predicted octanol–water partition coefficient (Wildman–Crippen LogP) is 10.7. The van der Waals surface area contributed by atoms with Crippen LogP contribution in [0.4, 0.5) is 5.69 Å². The van der Waals surface area contributed by atoms with Crippen molar-refractivity contribution in [2.75, 3.05) is 18.0 Å². The summed E-state index contributed by atoms with van der Waals surface area (Å²) in [4.78, 5) is 51.5. The maximum absolute atomic E-state index is 11.9. The molecule has 0 unspecified atom stereocenters. The minimum absolute atomic E-state index is 0.123. The third kappa shape index (κ3) is 21.4. The van der Waals surface area contributed by atoms with E-state index in [4.69, 9.17) is 15.3 Å². The van der Waals surface area contributed by atoms with Crippen LogP contribution in [-0.2, 0) is 6.42 Å². The third-order valence-electron chi connectivity index (χ3n) is 11.2. The molecule has 0 bridgehead atoms. The molecule has 410 valence electrons. The lowest BCUT2D eigenvalue weighted by atomic mass is 10.2. The van der Waals surface area contributed by atoms with Crippen LogP contribution in [-0.4, -0.2) is 82.0 Å². The minimum atomic E-state index is -0.319. The highest BCUT2D eigenvalue weighted by molar-refractivity contribution is 7.13. The Hall–Kier alpha value is -10.2. The van der Waals surface area contributed by atoms with Crippen molar-refractivity contribution in [2.45, 2.75) is 41.0 Å². The second-order valence-electron chi connectivity index (χ2n) is 17.2. The van der Waals surface area contributed by atoms with Gasteiger partial charge in [-0.25, -0.2) is 21.7 Å². The summed E-state index contributed by atoms with van der Waals surface area (Å²) in [5.74, 6) is -0.750. The van der Waals surface area contributed by atoms with Crippen LogP contribution in [0, 0.1) is 13.8 Å². The Kier molecular flexibility index (Phi) is 24.6. The first-order valence-corrected chi connectivity index (χ1v) is 26.0. The number of hydrogen-bond acceptors (Lipinski definition) is 14. The zero-order chi connectivity index (χ0) is 57.7. The van der Waals surface area contributed by atoms with E-state index < -0.39 is 0 Å². The van der Waals surface area contributed by atoms with Gasteiger partial charge in [0.25, 0.3) is 23.6 Å². The number of nitrogens with one attached hydrogen (secondary N) is 4. The largest absolute Gasteiger partial charge is 0.508 e. The van der Waals surface area contributed by atoms with Crippen LogP contribution in [0.5, 0.6) is 23.0 Å². The maximum Gasteiger partial charge on any atom is 0.271 e. The molecule has 0 radical (unpaired) electrons. The number of nitrogens with zero attached hydrogens (tertiary/aromatic N) is 5. The SMILES string of the molecule is CCN(CC)c1ccc(/C=N/NC(=O)c2ccc(O)cc2)cc1.CCc1ccc(/C=N/NC(=O)c2ccc(O)cc2)s1.Cc1ccc(/C=N/NC(=O)c2ccc(O)cc2)cc1.Cc1cccc(/C=N/NC(=O)c2ccc(O)cc2)c1. The molecule has 0 aliphatic carbocycles.